The molecule has 0 atom stereocenters. The summed E-state index contributed by atoms with van der Waals surface area (Å²) >= 11 is 3.57. The van der Waals surface area contributed by atoms with E-state index in [0.717, 1.165) is 0 Å². The summed E-state index contributed by atoms with van der Waals surface area (Å²) in [5.41, 5.74) is 0. The highest BCUT2D eigenvalue weighted by molar-refractivity contribution is 7.97. The van der Waals surface area contributed by atoms with Crippen LogP contribution in [0.5, 0.6) is 0 Å². The summed E-state index contributed by atoms with van der Waals surface area (Å²) in [6, 6.07) is 2.16. The molecule has 0 unspecified atom stereocenters. The predicted octanol–water partition coefficient (Wildman–Crippen LogP) is 2.67. The van der Waals surface area contributed by atoms with Gasteiger partial charge in [-0.1, -0.05) is 0 Å². The van der Waals surface area contributed by atoms with E-state index in [0.29, 0.717) is 0 Å². The fourth-order valence-corrected chi connectivity index (χ4v) is 2.60. The van der Waals surface area contributed by atoms with Gasteiger partial charge in [0, 0.05) is 23.0 Å². The second-order valence-corrected chi connectivity index (χ2v) is 4.25. The van der Waals surface area contributed by atoms with E-state index in [1.54, 1.807) is 23.3 Å². The second kappa shape index (κ2) is 2.32. The maximum absolute atomic E-state index is 2.16. The van der Waals surface area contributed by atoms with Crippen molar-refractivity contribution in [1.29, 1.82) is 0 Å². The van der Waals surface area contributed by atoms with Gasteiger partial charge in [-0.15, -0.1) is 11.3 Å². The zero-order valence-corrected chi connectivity index (χ0v) is 7.21. The molecular formula is C7H7NS2. The summed E-state index contributed by atoms with van der Waals surface area (Å²) in [6.07, 6.45) is 4.24. The van der Waals surface area contributed by atoms with E-state index < -0.39 is 0 Å². The van der Waals surface area contributed by atoms with Gasteiger partial charge in [-0.2, -0.15) is 0 Å². The van der Waals surface area contributed by atoms with Crippen LogP contribution in [0.3, 0.4) is 0 Å². The molecule has 1 nitrogen and oxygen atoms in total. The van der Waals surface area contributed by atoms with Crippen LogP contribution in [0.4, 0.5) is 0 Å². The minimum Gasteiger partial charge on any atom is -0.322 e. The molecule has 0 bridgehead atoms. The Morgan fingerprint density at radius 1 is 1.50 bits per heavy atom. The van der Waals surface area contributed by atoms with Crippen LogP contribution in [0.1, 0.15) is 4.88 Å². The van der Waals surface area contributed by atoms with Crippen LogP contribution in [0.15, 0.2) is 22.5 Å². The molecule has 0 aliphatic carbocycles. The van der Waals surface area contributed by atoms with Gasteiger partial charge in [0.1, 0.15) is 0 Å². The van der Waals surface area contributed by atoms with Crippen LogP contribution < -0.4 is 0 Å². The standard InChI is InChI=1S/C7H7NS2/c1-8-4-2-6-7(10-8)3-5-9-6/h2-5H,1H3. The molecule has 10 heavy (non-hydrogen) atoms. The van der Waals surface area contributed by atoms with Crippen LogP contribution in [0.25, 0.3) is 6.08 Å². The lowest BCUT2D eigenvalue weighted by molar-refractivity contribution is 0.775. The summed E-state index contributed by atoms with van der Waals surface area (Å²) < 4.78 is 2.11. The fourth-order valence-electron chi connectivity index (χ4n) is 0.864. The van der Waals surface area contributed by atoms with Gasteiger partial charge in [0.05, 0.1) is 0 Å². The quantitative estimate of drug-likeness (QED) is 0.549. The molecule has 2 heterocycles. The average molecular weight is 169 g/mol. The van der Waals surface area contributed by atoms with E-state index in [1.165, 1.54) is 9.77 Å². The Bertz CT molecular complexity index is 264. The molecule has 0 aromatic carbocycles. The van der Waals surface area contributed by atoms with Crippen molar-refractivity contribution in [2.75, 3.05) is 7.05 Å². The lowest BCUT2D eigenvalue weighted by Crippen LogP contribution is -2.00. The Hall–Kier alpha value is -0.410. The van der Waals surface area contributed by atoms with E-state index in [2.05, 4.69) is 35.1 Å². The van der Waals surface area contributed by atoms with E-state index in [9.17, 15) is 0 Å². The maximum Gasteiger partial charge on any atom is 0.0467 e. The van der Waals surface area contributed by atoms with Gasteiger partial charge in [-0.25, -0.2) is 0 Å². The van der Waals surface area contributed by atoms with Gasteiger partial charge in [0.25, 0.3) is 0 Å². The maximum atomic E-state index is 2.16. The first-order valence-electron chi connectivity index (χ1n) is 3.03. The summed E-state index contributed by atoms with van der Waals surface area (Å²) in [5, 5.41) is 2.13. The normalized spacial score (nSPS) is 15.5. The zero-order chi connectivity index (χ0) is 6.97. The molecule has 1 aliphatic heterocycles. The Labute approximate surface area is 68.5 Å². The van der Waals surface area contributed by atoms with Gasteiger partial charge in [-0.05, 0) is 29.5 Å². The molecule has 0 saturated carbocycles. The SMILES string of the molecule is CN1C=Cc2sccc2S1. The first kappa shape index (κ1) is 6.31. The molecule has 0 N–H and O–H groups in total. The smallest absolute Gasteiger partial charge is 0.0467 e. The highest BCUT2D eigenvalue weighted by atomic mass is 32.2. The number of thiophene rings is 1. The number of hydrogen-bond donors (Lipinski definition) is 0. The van der Waals surface area contributed by atoms with Crippen LogP contribution in [-0.2, 0) is 0 Å². The van der Waals surface area contributed by atoms with Gasteiger partial charge in [-0.3, -0.25) is 0 Å². The second-order valence-electron chi connectivity index (χ2n) is 2.10. The first-order valence-corrected chi connectivity index (χ1v) is 4.68. The van der Waals surface area contributed by atoms with Gasteiger partial charge >= 0.3 is 0 Å². The van der Waals surface area contributed by atoms with E-state index >= 15 is 0 Å². The monoisotopic (exact) mass is 169 g/mol. The summed E-state index contributed by atoms with van der Waals surface area (Å²) in [6.45, 7) is 0. The number of rotatable bonds is 0. The van der Waals surface area contributed by atoms with Crippen molar-refractivity contribution in [3.8, 4) is 0 Å². The van der Waals surface area contributed by atoms with Crippen LogP contribution in [0.2, 0.25) is 0 Å². The molecule has 0 fully saturated rings. The third kappa shape index (κ3) is 0.954. The first-order chi connectivity index (χ1) is 4.86. The van der Waals surface area contributed by atoms with Crippen molar-refractivity contribution >= 4 is 29.4 Å². The number of fused-ring (bicyclic) bond motifs is 1. The van der Waals surface area contributed by atoms with Crippen molar-refractivity contribution in [2.24, 2.45) is 0 Å². The third-order valence-electron chi connectivity index (χ3n) is 1.34. The lowest BCUT2D eigenvalue weighted by Gasteiger charge is -2.15. The van der Waals surface area contributed by atoms with E-state index in [-0.39, 0.29) is 0 Å². The molecule has 52 valence electrons. The number of nitrogens with zero attached hydrogens (tertiary/aromatic N) is 1. The van der Waals surface area contributed by atoms with Gasteiger partial charge in [0.15, 0.2) is 0 Å². The molecular weight excluding hydrogens is 162 g/mol. The number of hydrogen-bond acceptors (Lipinski definition) is 3. The van der Waals surface area contributed by atoms with Crippen LogP contribution >= 0.6 is 23.3 Å². The molecule has 0 amide bonds. The minimum atomic E-state index is 1.37. The molecule has 0 spiro atoms. The van der Waals surface area contributed by atoms with Crippen molar-refractivity contribution < 1.29 is 0 Å². The Morgan fingerprint density at radius 2 is 2.40 bits per heavy atom. The van der Waals surface area contributed by atoms with Crippen molar-refractivity contribution in [3.63, 3.8) is 0 Å². The Kier molecular flexibility index (Phi) is 1.47. The van der Waals surface area contributed by atoms with Crippen molar-refractivity contribution in [1.82, 2.24) is 4.31 Å². The van der Waals surface area contributed by atoms with Crippen molar-refractivity contribution in [2.45, 2.75) is 4.90 Å². The van der Waals surface area contributed by atoms with Gasteiger partial charge < -0.3 is 4.31 Å². The lowest BCUT2D eigenvalue weighted by atomic mass is 10.4. The summed E-state index contributed by atoms with van der Waals surface area (Å²) in [5.74, 6) is 0. The predicted molar refractivity (Wildman–Crippen MR) is 47.0 cm³/mol. The molecule has 2 rings (SSSR count). The summed E-state index contributed by atoms with van der Waals surface area (Å²) in [7, 11) is 2.06. The third-order valence-corrected chi connectivity index (χ3v) is 3.31. The molecule has 0 radical (unpaired) electrons. The van der Waals surface area contributed by atoms with E-state index in [4.69, 9.17) is 0 Å². The van der Waals surface area contributed by atoms with Crippen molar-refractivity contribution in [3.05, 3.63) is 22.5 Å². The van der Waals surface area contributed by atoms with Crippen LogP contribution in [0, 0.1) is 0 Å². The highest BCUT2D eigenvalue weighted by Gasteiger charge is 2.08. The fraction of sp³-hybridized carbons (Fsp3) is 0.143. The Balaban J connectivity index is 2.43. The summed E-state index contributed by atoms with van der Waals surface area (Å²) in [4.78, 5) is 2.75. The zero-order valence-electron chi connectivity index (χ0n) is 5.57. The average Bonchev–Trinajstić information content (AvgIpc) is 2.33. The molecule has 1 aromatic heterocycles. The van der Waals surface area contributed by atoms with Gasteiger partial charge in [0.2, 0.25) is 0 Å². The van der Waals surface area contributed by atoms with E-state index in [1.807, 2.05) is 0 Å². The molecule has 0 saturated heterocycles. The van der Waals surface area contributed by atoms with Crippen LogP contribution in [-0.4, -0.2) is 11.4 Å². The Morgan fingerprint density at radius 3 is 3.30 bits per heavy atom. The molecule has 1 aromatic rings. The molecule has 1 aliphatic rings. The molecule has 3 heteroatoms. The topological polar surface area (TPSA) is 3.24 Å². The highest BCUT2D eigenvalue weighted by Crippen LogP contribution is 2.34. The largest absolute Gasteiger partial charge is 0.322 e. The minimum absolute atomic E-state index is 1.37.